The maximum Gasteiger partial charge on any atom is 0.227 e. The van der Waals surface area contributed by atoms with E-state index < -0.39 is 0 Å². The SMILES string of the molecule is COc1ccc(Nc2ncc3c(n2)C[C@@H](c2cc(OC)c(OC)c(OC)c2)CC3=O)cc1. The van der Waals surface area contributed by atoms with Crippen molar-refractivity contribution >= 4 is 17.4 Å². The van der Waals surface area contributed by atoms with Crippen molar-refractivity contribution in [1.82, 2.24) is 9.97 Å². The quantitative estimate of drug-likeness (QED) is 0.591. The molecule has 0 spiro atoms. The number of fused-ring (bicyclic) bond motifs is 1. The van der Waals surface area contributed by atoms with Crippen molar-refractivity contribution in [2.45, 2.75) is 18.8 Å². The number of hydrogen-bond donors (Lipinski definition) is 1. The van der Waals surface area contributed by atoms with Crippen LogP contribution in [0.25, 0.3) is 0 Å². The minimum absolute atomic E-state index is 0.0148. The van der Waals surface area contributed by atoms with Crippen LogP contribution in [0, 0.1) is 0 Å². The number of anilines is 2. The van der Waals surface area contributed by atoms with Crippen molar-refractivity contribution in [2.75, 3.05) is 33.8 Å². The summed E-state index contributed by atoms with van der Waals surface area (Å²) in [7, 11) is 6.34. The highest BCUT2D eigenvalue weighted by molar-refractivity contribution is 5.98. The molecule has 0 saturated carbocycles. The summed E-state index contributed by atoms with van der Waals surface area (Å²) in [4.78, 5) is 21.8. The lowest BCUT2D eigenvalue weighted by molar-refractivity contribution is 0.0962. The number of carbonyl (C=O) groups is 1. The van der Waals surface area contributed by atoms with Gasteiger partial charge in [0.2, 0.25) is 11.7 Å². The number of hydrogen-bond acceptors (Lipinski definition) is 8. The van der Waals surface area contributed by atoms with Gasteiger partial charge >= 0.3 is 0 Å². The van der Waals surface area contributed by atoms with Crippen LogP contribution >= 0.6 is 0 Å². The molecule has 1 aliphatic rings. The van der Waals surface area contributed by atoms with E-state index in [1.807, 2.05) is 36.4 Å². The first-order valence-electron chi connectivity index (χ1n) is 10.2. The van der Waals surface area contributed by atoms with Crippen LogP contribution in [-0.4, -0.2) is 44.2 Å². The van der Waals surface area contributed by atoms with Gasteiger partial charge in [-0.25, -0.2) is 9.97 Å². The number of methoxy groups -OCH3 is 4. The number of nitrogens with one attached hydrogen (secondary N) is 1. The van der Waals surface area contributed by atoms with Gasteiger partial charge in [-0.3, -0.25) is 4.79 Å². The van der Waals surface area contributed by atoms with E-state index in [0.29, 0.717) is 47.3 Å². The van der Waals surface area contributed by atoms with Crippen LogP contribution in [0.5, 0.6) is 23.0 Å². The number of Topliss-reactive ketones (excluding diaryl/α,β-unsaturated/α-hetero) is 1. The zero-order valence-electron chi connectivity index (χ0n) is 18.5. The molecule has 32 heavy (non-hydrogen) atoms. The summed E-state index contributed by atoms with van der Waals surface area (Å²) in [5.74, 6) is 2.80. The topological polar surface area (TPSA) is 91.8 Å². The molecule has 1 N–H and O–H groups in total. The monoisotopic (exact) mass is 435 g/mol. The molecule has 2 aromatic carbocycles. The lowest BCUT2D eigenvalue weighted by Crippen LogP contribution is -2.21. The molecule has 4 rings (SSSR count). The summed E-state index contributed by atoms with van der Waals surface area (Å²) < 4.78 is 21.5. The van der Waals surface area contributed by atoms with Crippen molar-refractivity contribution in [1.29, 1.82) is 0 Å². The molecule has 8 heteroatoms. The first kappa shape index (κ1) is 21.4. The molecule has 3 aromatic rings. The minimum atomic E-state index is -0.0626. The van der Waals surface area contributed by atoms with Crippen molar-refractivity contribution in [3.8, 4) is 23.0 Å². The number of ketones is 1. The van der Waals surface area contributed by atoms with E-state index in [4.69, 9.17) is 18.9 Å². The Morgan fingerprint density at radius 2 is 1.59 bits per heavy atom. The van der Waals surface area contributed by atoms with E-state index in [1.165, 1.54) is 0 Å². The lowest BCUT2D eigenvalue weighted by atomic mass is 9.82. The summed E-state index contributed by atoms with van der Waals surface area (Å²) in [5, 5.41) is 3.18. The molecule has 1 heterocycles. The van der Waals surface area contributed by atoms with Gasteiger partial charge in [-0.15, -0.1) is 0 Å². The predicted molar refractivity (Wildman–Crippen MR) is 120 cm³/mol. The van der Waals surface area contributed by atoms with Crippen LogP contribution in [-0.2, 0) is 6.42 Å². The van der Waals surface area contributed by atoms with Crippen LogP contribution in [0.3, 0.4) is 0 Å². The average molecular weight is 435 g/mol. The molecule has 0 saturated heterocycles. The van der Waals surface area contributed by atoms with E-state index in [9.17, 15) is 4.79 Å². The van der Waals surface area contributed by atoms with Crippen LogP contribution in [0.4, 0.5) is 11.6 Å². The third-order valence-corrected chi connectivity index (χ3v) is 5.54. The van der Waals surface area contributed by atoms with Crippen LogP contribution < -0.4 is 24.3 Å². The van der Waals surface area contributed by atoms with Gasteiger partial charge in [-0.05, 0) is 54.3 Å². The van der Waals surface area contributed by atoms with Crippen LogP contribution in [0.2, 0.25) is 0 Å². The predicted octanol–water partition coefficient (Wildman–Crippen LogP) is 4.17. The molecule has 1 atom stereocenters. The van der Waals surface area contributed by atoms with Crippen molar-refractivity contribution in [3.05, 3.63) is 59.4 Å². The first-order valence-corrected chi connectivity index (χ1v) is 10.2. The third-order valence-electron chi connectivity index (χ3n) is 5.54. The van der Waals surface area contributed by atoms with Crippen molar-refractivity contribution in [2.24, 2.45) is 0 Å². The zero-order chi connectivity index (χ0) is 22.7. The van der Waals surface area contributed by atoms with E-state index in [1.54, 1.807) is 34.6 Å². The first-order chi connectivity index (χ1) is 15.6. The molecule has 1 aromatic heterocycles. The number of carbonyl (C=O) groups excluding carboxylic acids is 1. The van der Waals surface area contributed by atoms with Crippen LogP contribution in [0.1, 0.15) is 34.0 Å². The average Bonchev–Trinajstić information content (AvgIpc) is 2.83. The summed E-state index contributed by atoms with van der Waals surface area (Å²) >= 11 is 0. The van der Waals surface area contributed by atoms with Gasteiger partial charge in [-0.1, -0.05) is 0 Å². The molecular formula is C24H25N3O5. The van der Waals surface area contributed by atoms with Gasteiger partial charge in [0, 0.05) is 18.3 Å². The fourth-order valence-corrected chi connectivity index (χ4v) is 3.88. The maximum atomic E-state index is 12.8. The highest BCUT2D eigenvalue weighted by Gasteiger charge is 2.29. The van der Waals surface area contributed by atoms with Gasteiger partial charge in [0.1, 0.15) is 5.75 Å². The van der Waals surface area contributed by atoms with E-state index in [0.717, 1.165) is 17.0 Å². The van der Waals surface area contributed by atoms with E-state index in [2.05, 4.69) is 15.3 Å². The molecule has 166 valence electrons. The Morgan fingerprint density at radius 3 is 2.19 bits per heavy atom. The molecule has 8 nitrogen and oxygen atoms in total. The Morgan fingerprint density at radius 1 is 0.906 bits per heavy atom. The number of aromatic nitrogens is 2. The van der Waals surface area contributed by atoms with E-state index >= 15 is 0 Å². The second-order valence-corrected chi connectivity index (χ2v) is 7.39. The smallest absolute Gasteiger partial charge is 0.227 e. The molecule has 0 bridgehead atoms. The summed E-state index contributed by atoms with van der Waals surface area (Å²) in [5.41, 5.74) is 3.04. The molecule has 0 radical (unpaired) electrons. The number of ether oxygens (including phenoxy) is 4. The normalized spacial score (nSPS) is 15.0. The molecular weight excluding hydrogens is 410 g/mol. The number of nitrogens with zero attached hydrogens (tertiary/aromatic N) is 2. The van der Waals surface area contributed by atoms with Gasteiger partial charge in [-0.2, -0.15) is 0 Å². The van der Waals surface area contributed by atoms with Gasteiger partial charge in [0.05, 0.1) is 39.7 Å². The minimum Gasteiger partial charge on any atom is -0.497 e. The highest BCUT2D eigenvalue weighted by Crippen LogP contribution is 2.42. The fourth-order valence-electron chi connectivity index (χ4n) is 3.88. The zero-order valence-corrected chi connectivity index (χ0v) is 18.5. The summed E-state index contributed by atoms with van der Waals surface area (Å²) in [6.07, 6.45) is 2.56. The van der Waals surface area contributed by atoms with E-state index in [-0.39, 0.29) is 11.7 Å². The molecule has 0 amide bonds. The molecule has 0 fully saturated rings. The van der Waals surface area contributed by atoms with Gasteiger partial charge in [0.15, 0.2) is 17.3 Å². The summed E-state index contributed by atoms with van der Waals surface area (Å²) in [6.45, 7) is 0. The maximum absolute atomic E-state index is 12.8. The largest absolute Gasteiger partial charge is 0.497 e. The highest BCUT2D eigenvalue weighted by atomic mass is 16.5. The standard InChI is InChI=1S/C24H25N3O5/c1-29-17-7-5-16(6-8-17)26-24-25-13-18-19(27-24)9-14(10-20(18)28)15-11-21(30-2)23(32-4)22(12-15)31-3/h5-8,11-14H,9-10H2,1-4H3,(H,25,26,27)/t14-/m1/s1. The number of rotatable bonds is 7. The summed E-state index contributed by atoms with van der Waals surface area (Å²) in [6, 6.07) is 11.2. The van der Waals surface area contributed by atoms with Crippen LogP contribution in [0.15, 0.2) is 42.6 Å². The molecule has 0 aliphatic heterocycles. The van der Waals surface area contributed by atoms with Gasteiger partial charge in [0.25, 0.3) is 0 Å². The Labute approximate surface area is 186 Å². The Kier molecular flexibility index (Phi) is 6.11. The van der Waals surface area contributed by atoms with Gasteiger partial charge < -0.3 is 24.3 Å². The second-order valence-electron chi connectivity index (χ2n) is 7.39. The Hall–Kier alpha value is -3.81. The second kappa shape index (κ2) is 9.13. The Bertz CT molecular complexity index is 1110. The number of benzene rings is 2. The fraction of sp³-hybridized carbons (Fsp3) is 0.292. The third kappa shape index (κ3) is 4.16. The lowest BCUT2D eigenvalue weighted by Gasteiger charge is -2.24. The molecule has 1 aliphatic carbocycles. The Balaban J connectivity index is 1.62. The van der Waals surface area contributed by atoms with Crippen molar-refractivity contribution in [3.63, 3.8) is 0 Å². The van der Waals surface area contributed by atoms with Crippen molar-refractivity contribution < 1.29 is 23.7 Å². The molecule has 0 unspecified atom stereocenters.